The van der Waals surface area contributed by atoms with Crippen LogP contribution < -0.4 is 0 Å². The van der Waals surface area contributed by atoms with Crippen molar-refractivity contribution >= 4 is 17.9 Å². The lowest BCUT2D eigenvalue weighted by Crippen LogP contribution is -2.30. The van der Waals surface area contributed by atoms with E-state index >= 15 is 0 Å². The standard InChI is InChI=1S/C63H106O6/c1-4-7-10-13-16-19-22-25-28-30-31-33-35-38-41-44-47-50-53-56-62(65)68-59-60(58-67-61(64)55-52-49-46-43-40-37-34-27-24-21-18-15-12-9-6-3)69-63(66)57-54-51-48-45-42-39-36-32-29-26-23-20-17-14-11-8-5-2/h7,10,16-17,19-20,25-26,28-29,31,33,38,41,47,50,60H,4-6,8-9,11-15,18,21-24,27,30,32,34-37,39-40,42-46,48-49,51-59H2,1-3H3/b10-7-,19-16-,20-17-,28-25-,29-26-,33-31-,41-38-,50-47-/t60-/m1/s1. The molecular formula is C63H106O6. The minimum atomic E-state index is -0.812. The van der Waals surface area contributed by atoms with Gasteiger partial charge in [0.1, 0.15) is 13.2 Å². The summed E-state index contributed by atoms with van der Waals surface area (Å²) in [4.78, 5) is 38.1. The van der Waals surface area contributed by atoms with E-state index in [1.807, 2.05) is 6.08 Å². The molecule has 0 aromatic rings. The number of allylic oxidation sites excluding steroid dienone is 16. The van der Waals surface area contributed by atoms with Crippen LogP contribution in [0, 0.1) is 0 Å². The summed E-state index contributed by atoms with van der Waals surface area (Å²) in [6, 6.07) is 0. The van der Waals surface area contributed by atoms with Gasteiger partial charge in [-0.3, -0.25) is 14.4 Å². The van der Waals surface area contributed by atoms with Crippen LogP contribution in [-0.4, -0.2) is 37.2 Å². The molecule has 0 N–H and O–H groups in total. The van der Waals surface area contributed by atoms with Crippen LogP contribution in [0.3, 0.4) is 0 Å². The average molecular weight is 960 g/mol. The number of carbonyl (C=O) groups excluding carboxylic acids is 3. The van der Waals surface area contributed by atoms with E-state index in [0.717, 1.165) is 89.9 Å². The molecule has 0 unspecified atom stereocenters. The maximum Gasteiger partial charge on any atom is 0.306 e. The molecule has 69 heavy (non-hydrogen) atoms. The number of hydrogen-bond acceptors (Lipinski definition) is 6. The maximum atomic E-state index is 12.9. The van der Waals surface area contributed by atoms with Crippen LogP contribution in [-0.2, 0) is 28.6 Å². The molecule has 6 heteroatoms. The van der Waals surface area contributed by atoms with Crippen molar-refractivity contribution in [3.63, 3.8) is 0 Å². The molecule has 0 aliphatic carbocycles. The van der Waals surface area contributed by atoms with Crippen LogP contribution in [0.4, 0.5) is 0 Å². The van der Waals surface area contributed by atoms with Gasteiger partial charge < -0.3 is 14.2 Å². The van der Waals surface area contributed by atoms with Crippen molar-refractivity contribution in [3.05, 3.63) is 97.2 Å². The summed E-state index contributed by atoms with van der Waals surface area (Å²) in [5.74, 6) is -0.993. The second-order valence-corrected chi connectivity index (χ2v) is 18.8. The van der Waals surface area contributed by atoms with Crippen LogP contribution in [0.5, 0.6) is 0 Å². The van der Waals surface area contributed by atoms with E-state index in [1.54, 1.807) is 0 Å². The van der Waals surface area contributed by atoms with Crippen molar-refractivity contribution in [2.45, 2.75) is 271 Å². The molecule has 0 aliphatic heterocycles. The lowest BCUT2D eigenvalue weighted by atomic mass is 10.0. The van der Waals surface area contributed by atoms with Gasteiger partial charge in [0, 0.05) is 19.3 Å². The zero-order valence-corrected chi connectivity index (χ0v) is 45.0. The van der Waals surface area contributed by atoms with Crippen LogP contribution >= 0.6 is 0 Å². The van der Waals surface area contributed by atoms with Crippen LogP contribution in [0.1, 0.15) is 265 Å². The van der Waals surface area contributed by atoms with E-state index in [2.05, 4.69) is 112 Å². The summed E-state index contributed by atoms with van der Waals surface area (Å²) in [6.45, 7) is 6.44. The Kier molecular flexibility index (Phi) is 53.9. The first kappa shape index (κ1) is 65.3. The summed E-state index contributed by atoms with van der Waals surface area (Å²) in [7, 11) is 0. The average Bonchev–Trinajstić information content (AvgIpc) is 3.35. The number of esters is 3. The van der Waals surface area contributed by atoms with E-state index in [-0.39, 0.29) is 37.5 Å². The SMILES string of the molecule is CC/C=C\C/C=C\C/C=C\C/C=C\C/C=C\C/C=C\CCC(=O)OC[C@@H](COC(=O)CCCCCCCCCCCCCCCCC)OC(=O)CCCCCCCCC/C=C\C/C=C\CCCCC. The summed E-state index contributed by atoms with van der Waals surface area (Å²) in [5, 5.41) is 0. The second-order valence-electron chi connectivity index (χ2n) is 18.8. The van der Waals surface area contributed by atoms with Crippen LogP contribution in [0.25, 0.3) is 0 Å². The second kappa shape index (κ2) is 56.9. The summed E-state index contributed by atoms with van der Waals surface area (Å²) in [5.41, 5.74) is 0. The molecule has 0 amide bonds. The van der Waals surface area contributed by atoms with E-state index < -0.39 is 6.10 Å². The van der Waals surface area contributed by atoms with Gasteiger partial charge in [-0.2, -0.15) is 0 Å². The van der Waals surface area contributed by atoms with Gasteiger partial charge in [0.2, 0.25) is 0 Å². The van der Waals surface area contributed by atoms with Crippen molar-refractivity contribution in [2.24, 2.45) is 0 Å². The minimum Gasteiger partial charge on any atom is -0.462 e. The fourth-order valence-corrected chi connectivity index (χ4v) is 7.79. The van der Waals surface area contributed by atoms with Crippen molar-refractivity contribution in [3.8, 4) is 0 Å². The van der Waals surface area contributed by atoms with Gasteiger partial charge in [-0.25, -0.2) is 0 Å². The summed E-state index contributed by atoms with van der Waals surface area (Å²) in [6.07, 6.45) is 75.5. The number of carbonyl (C=O) groups is 3. The van der Waals surface area contributed by atoms with Crippen LogP contribution in [0.2, 0.25) is 0 Å². The molecule has 1 atom stereocenters. The Labute approximate surface area is 426 Å². The van der Waals surface area contributed by atoms with Gasteiger partial charge in [0.25, 0.3) is 0 Å². The number of rotatable bonds is 51. The van der Waals surface area contributed by atoms with E-state index in [0.29, 0.717) is 19.3 Å². The van der Waals surface area contributed by atoms with Gasteiger partial charge in [0.15, 0.2) is 6.10 Å². The molecular weight excluding hydrogens is 853 g/mol. The van der Waals surface area contributed by atoms with Crippen LogP contribution in [0.15, 0.2) is 97.2 Å². The first-order valence-electron chi connectivity index (χ1n) is 28.7. The number of unbranched alkanes of at least 4 members (excludes halogenated alkanes) is 24. The van der Waals surface area contributed by atoms with E-state index in [1.165, 1.54) is 128 Å². The molecule has 0 saturated heterocycles. The molecule has 0 aliphatic rings. The van der Waals surface area contributed by atoms with Gasteiger partial charge in [0.05, 0.1) is 0 Å². The molecule has 0 bridgehead atoms. The van der Waals surface area contributed by atoms with Crippen molar-refractivity contribution < 1.29 is 28.6 Å². The number of ether oxygens (including phenoxy) is 3. The Morgan fingerprint density at radius 2 is 0.594 bits per heavy atom. The highest BCUT2D eigenvalue weighted by molar-refractivity contribution is 5.71. The third-order valence-corrected chi connectivity index (χ3v) is 12.1. The van der Waals surface area contributed by atoms with Crippen molar-refractivity contribution in [1.29, 1.82) is 0 Å². The van der Waals surface area contributed by atoms with Gasteiger partial charge >= 0.3 is 17.9 Å². The molecule has 0 aromatic carbocycles. The fraction of sp³-hybridized carbons (Fsp3) is 0.698. The normalized spacial score (nSPS) is 12.8. The largest absolute Gasteiger partial charge is 0.462 e. The highest BCUT2D eigenvalue weighted by Crippen LogP contribution is 2.15. The van der Waals surface area contributed by atoms with Crippen molar-refractivity contribution in [2.75, 3.05) is 13.2 Å². The smallest absolute Gasteiger partial charge is 0.306 e. The third kappa shape index (κ3) is 55.1. The first-order valence-corrected chi connectivity index (χ1v) is 28.7. The highest BCUT2D eigenvalue weighted by Gasteiger charge is 2.19. The predicted octanol–water partition coefficient (Wildman–Crippen LogP) is 19.3. The zero-order chi connectivity index (χ0) is 50.0. The minimum absolute atomic E-state index is 0.102. The van der Waals surface area contributed by atoms with E-state index in [4.69, 9.17) is 14.2 Å². The number of hydrogen-bond donors (Lipinski definition) is 0. The Balaban J connectivity index is 4.51. The molecule has 0 saturated carbocycles. The van der Waals surface area contributed by atoms with Gasteiger partial charge in [-0.1, -0.05) is 253 Å². The Morgan fingerprint density at radius 1 is 0.304 bits per heavy atom. The predicted molar refractivity (Wildman–Crippen MR) is 297 cm³/mol. The Bertz CT molecular complexity index is 1380. The molecule has 0 fully saturated rings. The molecule has 0 spiro atoms. The molecule has 0 heterocycles. The highest BCUT2D eigenvalue weighted by atomic mass is 16.6. The zero-order valence-electron chi connectivity index (χ0n) is 45.0. The molecule has 0 rings (SSSR count). The molecule has 0 aromatic heterocycles. The maximum absolute atomic E-state index is 12.9. The monoisotopic (exact) mass is 959 g/mol. The lowest BCUT2D eigenvalue weighted by Gasteiger charge is -2.18. The van der Waals surface area contributed by atoms with Crippen molar-refractivity contribution in [1.82, 2.24) is 0 Å². The first-order chi connectivity index (χ1) is 34.0. The topological polar surface area (TPSA) is 78.9 Å². The molecule has 394 valence electrons. The van der Waals surface area contributed by atoms with Gasteiger partial charge in [-0.05, 0) is 89.9 Å². The summed E-state index contributed by atoms with van der Waals surface area (Å²) >= 11 is 0. The lowest BCUT2D eigenvalue weighted by molar-refractivity contribution is -0.166. The molecule has 0 radical (unpaired) electrons. The Morgan fingerprint density at radius 3 is 1.00 bits per heavy atom. The summed E-state index contributed by atoms with van der Waals surface area (Å²) < 4.78 is 16.8. The third-order valence-electron chi connectivity index (χ3n) is 12.1. The van der Waals surface area contributed by atoms with E-state index in [9.17, 15) is 14.4 Å². The van der Waals surface area contributed by atoms with Gasteiger partial charge in [-0.15, -0.1) is 0 Å². The quantitative estimate of drug-likeness (QED) is 0.0262. The molecule has 6 nitrogen and oxygen atoms in total. The fourth-order valence-electron chi connectivity index (χ4n) is 7.79. The Hall–Kier alpha value is -3.67.